The van der Waals surface area contributed by atoms with Gasteiger partial charge in [0.1, 0.15) is 5.60 Å². The number of hydrogen-bond acceptors (Lipinski definition) is 4. The predicted octanol–water partition coefficient (Wildman–Crippen LogP) is 2.71. The van der Waals surface area contributed by atoms with E-state index in [1.165, 1.54) is 0 Å². The highest BCUT2D eigenvalue weighted by atomic mass is 16.6. The predicted molar refractivity (Wildman–Crippen MR) is 95.4 cm³/mol. The van der Waals surface area contributed by atoms with E-state index in [9.17, 15) is 9.59 Å². The Labute approximate surface area is 152 Å². The number of benzene rings is 1. The number of esters is 1. The first-order valence-electron chi connectivity index (χ1n) is 9.13. The normalized spacial score (nSPS) is 21.1. The van der Waals surface area contributed by atoms with Gasteiger partial charge in [-0.05, 0) is 49.4 Å². The molecule has 2 aliphatic rings. The summed E-state index contributed by atoms with van der Waals surface area (Å²) in [6.07, 6.45) is 7.48. The van der Waals surface area contributed by atoms with Crippen molar-refractivity contribution >= 4 is 11.9 Å². The summed E-state index contributed by atoms with van der Waals surface area (Å²) in [4.78, 5) is 26.6. The maximum absolute atomic E-state index is 13.0. The average Bonchev–Trinajstić information content (AvgIpc) is 3.37. The molecule has 0 radical (unpaired) electrons. The molecule has 0 N–H and O–H groups in total. The lowest BCUT2D eigenvalue weighted by atomic mass is 9.84. The third-order valence-electron chi connectivity index (χ3n) is 5.55. The van der Waals surface area contributed by atoms with Crippen LogP contribution in [0.2, 0.25) is 0 Å². The standard InChI is InChI=1S/C20H23N3O3/c1-22(14-15-6-4-7-16(12-15)23-11-5-10-21-23)19(25)17-13-18(24)26-20(17)8-2-3-9-20/h4-7,10-12,17H,2-3,8-9,13-14H2,1H3. The molecular formula is C20H23N3O3. The Hall–Kier alpha value is -2.63. The van der Waals surface area contributed by atoms with Crippen LogP contribution in [0.3, 0.4) is 0 Å². The molecular weight excluding hydrogens is 330 g/mol. The lowest BCUT2D eigenvalue weighted by molar-refractivity contribution is -0.151. The summed E-state index contributed by atoms with van der Waals surface area (Å²) in [5.74, 6) is -0.585. The van der Waals surface area contributed by atoms with Crippen LogP contribution >= 0.6 is 0 Å². The van der Waals surface area contributed by atoms with Gasteiger partial charge in [-0.2, -0.15) is 5.10 Å². The van der Waals surface area contributed by atoms with Crippen LogP contribution in [0.5, 0.6) is 0 Å². The molecule has 2 aromatic rings. The van der Waals surface area contributed by atoms with Crippen LogP contribution < -0.4 is 0 Å². The molecule has 1 saturated carbocycles. The zero-order chi connectivity index (χ0) is 18.1. The van der Waals surface area contributed by atoms with E-state index >= 15 is 0 Å². The second kappa shape index (κ2) is 6.59. The van der Waals surface area contributed by atoms with Gasteiger partial charge in [0.25, 0.3) is 0 Å². The van der Waals surface area contributed by atoms with Crippen LogP contribution in [0.1, 0.15) is 37.7 Å². The molecule has 4 rings (SSSR count). The Bertz CT molecular complexity index is 809. The molecule has 1 aromatic carbocycles. The number of nitrogens with zero attached hydrogens (tertiary/aromatic N) is 3. The van der Waals surface area contributed by atoms with Crippen molar-refractivity contribution in [1.82, 2.24) is 14.7 Å². The summed E-state index contributed by atoms with van der Waals surface area (Å²) < 4.78 is 7.41. The van der Waals surface area contributed by atoms with E-state index in [0.29, 0.717) is 6.54 Å². The second-order valence-corrected chi connectivity index (χ2v) is 7.32. The largest absolute Gasteiger partial charge is 0.458 e. The Morgan fingerprint density at radius 3 is 2.88 bits per heavy atom. The van der Waals surface area contributed by atoms with E-state index in [2.05, 4.69) is 5.10 Å². The number of aromatic nitrogens is 2. The summed E-state index contributed by atoms with van der Waals surface area (Å²) in [5.41, 5.74) is 1.43. The smallest absolute Gasteiger partial charge is 0.307 e. The highest BCUT2D eigenvalue weighted by Crippen LogP contribution is 2.46. The topological polar surface area (TPSA) is 64.4 Å². The van der Waals surface area contributed by atoms with Gasteiger partial charge in [0.2, 0.25) is 5.91 Å². The molecule has 136 valence electrons. The molecule has 1 spiro atoms. The van der Waals surface area contributed by atoms with Crippen molar-refractivity contribution in [2.24, 2.45) is 5.92 Å². The summed E-state index contributed by atoms with van der Waals surface area (Å²) in [6.45, 7) is 0.495. The van der Waals surface area contributed by atoms with Gasteiger partial charge < -0.3 is 9.64 Å². The number of rotatable bonds is 4. The fourth-order valence-electron chi connectivity index (χ4n) is 4.27. The van der Waals surface area contributed by atoms with Crippen LogP contribution in [0.15, 0.2) is 42.7 Å². The van der Waals surface area contributed by atoms with Gasteiger partial charge in [-0.1, -0.05) is 12.1 Å². The molecule has 1 amide bonds. The first-order valence-corrected chi connectivity index (χ1v) is 9.13. The quantitative estimate of drug-likeness (QED) is 0.793. The molecule has 1 atom stereocenters. The van der Waals surface area contributed by atoms with Crippen LogP contribution in [0, 0.1) is 5.92 Å². The van der Waals surface area contributed by atoms with Crippen LogP contribution in [0.25, 0.3) is 5.69 Å². The summed E-state index contributed by atoms with van der Waals surface area (Å²) >= 11 is 0. The fraction of sp³-hybridized carbons (Fsp3) is 0.450. The minimum atomic E-state index is -0.556. The number of carbonyl (C=O) groups excluding carboxylic acids is 2. The zero-order valence-electron chi connectivity index (χ0n) is 14.9. The monoisotopic (exact) mass is 353 g/mol. The average molecular weight is 353 g/mol. The Morgan fingerprint density at radius 1 is 1.35 bits per heavy atom. The molecule has 0 bridgehead atoms. The van der Waals surface area contributed by atoms with Crippen molar-refractivity contribution in [2.45, 2.75) is 44.2 Å². The van der Waals surface area contributed by atoms with Gasteiger partial charge in [-0.25, -0.2) is 4.68 Å². The SMILES string of the molecule is CN(Cc1cccc(-n2cccn2)c1)C(=O)C1CC(=O)OC12CCCC2. The van der Waals surface area contributed by atoms with Gasteiger partial charge in [0.05, 0.1) is 18.0 Å². The summed E-state index contributed by atoms with van der Waals surface area (Å²) in [5, 5.41) is 4.24. The molecule has 1 aliphatic heterocycles. The molecule has 1 aliphatic carbocycles. The number of amides is 1. The van der Waals surface area contributed by atoms with Crippen molar-refractivity contribution in [3.8, 4) is 5.69 Å². The van der Waals surface area contributed by atoms with Gasteiger partial charge in [0.15, 0.2) is 0 Å². The minimum Gasteiger partial charge on any atom is -0.458 e. The molecule has 1 aromatic heterocycles. The second-order valence-electron chi connectivity index (χ2n) is 7.32. The summed E-state index contributed by atoms with van der Waals surface area (Å²) in [6, 6.07) is 9.85. The van der Waals surface area contributed by atoms with Crippen molar-refractivity contribution < 1.29 is 14.3 Å². The van der Waals surface area contributed by atoms with E-state index < -0.39 is 5.60 Å². The Kier molecular flexibility index (Phi) is 4.26. The van der Waals surface area contributed by atoms with Crippen LogP contribution in [-0.4, -0.2) is 39.2 Å². The Morgan fingerprint density at radius 2 is 2.15 bits per heavy atom. The molecule has 2 heterocycles. The van der Waals surface area contributed by atoms with Crippen molar-refractivity contribution in [2.75, 3.05) is 7.05 Å². The van der Waals surface area contributed by atoms with E-state index in [0.717, 1.165) is 36.9 Å². The minimum absolute atomic E-state index is 0.00208. The molecule has 1 saturated heterocycles. The Balaban J connectivity index is 1.49. The van der Waals surface area contributed by atoms with Crippen molar-refractivity contribution in [1.29, 1.82) is 0 Å². The van der Waals surface area contributed by atoms with Crippen LogP contribution in [0.4, 0.5) is 0 Å². The number of hydrogen-bond donors (Lipinski definition) is 0. The van der Waals surface area contributed by atoms with E-state index in [1.54, 1.807) is 22.8 Å². The number of ether oxygens (including phenoxy) is 1. The fourth-order valence-corrected chi connectivity index (χ4v) is 4.27. The van der Waals surface area contributed by atoms with Gasteiger partial charge >= 0.3 is 5.97 Å². The maximum atomic E-state index is 13.0. The lowest BCUT2D eigenvalue weighted by Crippen LogP contribution is -2.43. The first kappa shape index (κ1) is 16.8. The highest BCUT2D eigenvalue weighted by Gasteiger charge is 2.54. The lowest BCUT2D eigenvalue weighted by Gasteiger charge is -2.31. The molecule has 26 heavy (non-hydrogen) atoms. The van der Waals surface area contributed by atoms with Crippen molar-refractivity contribution in [3.63, 3.8) is 0 Å². The zero-order valence-corrected chi connectivity index (χ0v) is 14.9. The maximum Gasteiger partial charge on any atom is 0.307 e. The van der Waals surface area contributed by atoms with E-state index in [4.69, 9.17) is 4.74 Å². The van der Waals surface area contributed by atoms with E-state index in [-0.39, 0.29) is 24.2 Å². The molecule has 6 heteroatoms. The van der Waals surface area contributed by atoms with Gasteiger partial charge in [0, 0.05) is 26.0 Å². The van der Waals surface area contributed by atoms with E-state index in [1.807, 2.05) is 36.5 Å². The third-order valence-corrected chi connectivity index (χ3v) is 5.55. The molecule has 6 nitrogen and oxygen atoms in total. The molecule has 2 fully saturated rings. The van der Waals surface area contributed by atoms with Crippen molar-refractivity contribution in [3.05, 3.63) is 48.3 Å². The third kappa shape index (κ3) is 3.00. The van der Waals surface area contributed by atoms with Gasteiger partial charge in [-0.3, -0.25) is 9.59 Å². The van der Waals surface area contributed by atoms with Crippen LogP contribution in [-0.2, 0) is 20.9 Å². The summed E-state index contributed by atoms with van der Waals surface area (Å²) in [7, 11) is 1.80. The van der Waals surface area contributed by atoms with Gasteiger partial charge in [-0.15, -0.1) is 0 Å². The molecule has 1 unspecified atom stereocenters. The first-order chi connectivity index (χ1) is 12.6. The number of carbonyl (C=O) groups is 2. The highest BCUT2D eigenvalue weighted by molar-refractivity contribution is 5.87.